The first-order valence-corrected chi connectivity index (χ1v) is 7.48. The summed E-state index contributed by atoms with van der Waals surface area (Å²) < 4.78 is 5.61. The standard InChI is InChI=1S/C18H26O2/c1-11-12(2)14(4)17(15(5)13(11)3)16(19)10-18(20-6)8-7-9-18/h7-10H2,1-6H3. The van der Waals surface area contributed by atoms with Crippen molar-refractivity contribution in [3.05, 3.63) is 33.4 Å². The molecule has 0 amide bonds. The van der Waals surface area contributed by atoms with Crippen LogP contribution in [0.1, 0.15) is 63.9 Å². The van der Waals surface area contributed by atoms with E-state index < -0.39 is 0 Å². The average Bonchev–Trinajstić information content (AvgIpc) is 2.38. The quantitative estimate of drug-likeness (QED) is 0.762. The second-order valence-corrected chi connectivity index (χ2v) is 6.34. The van der Waals surface area contributed by atoms with E-state index >= 15 is 0 Å². The van der Waals surface area contributed by atoms with Crippen LogP contribution in [0, 0.1) is 34.6 Å². The van der Waals surface area contributed by atoms with Crippen LogP contribution in [-0.4, -0.2) is 18.5 Å². The number of hydrogen-bond acceptors (Lipinski definition) is 2. The maximum absolute atomic E-state index is 12.8. The lowest BCUT2D eigenvalue weighted by molar-refractivity contribution is -0.0705. The van der Waals surface area contributed by atoms with Gasteiger partial charge in [0.05, 0.1) is 5.60 Å². The van der Waals surface area contributed by atoms with Crippen molar-refractivity contribution in [2.45, 2.75) is 65.9 Å². The van der Waals surface area contributed by atoms with Crippen LogP contribution in [0.3, 0.4) is 0 Å². The van der Waals surface area contributed by atoms with Crippen LogP contribution in [0.15, 0.2) is 0 Å². The molecule has 110 valence electrons. The van der Waals surface area contributed by atoms with E-state index in [0.29, 0.717) is 6.42 Å². The van der Waals surface area contributed by atoms with Crippen molar-refractivity contribution in [1.29, 1.82) is 0 Å². The predicted octanol–water partition coefficient (Wildman–Crippen LogP) is 4.37. The van der Waals surface area contributed by atoms with Crippen LogP contribution in [0.2, 0.25) is 0 Å². The molecule has 2 rings (SSSR count). The molecule has 1 aromatic carbocycles. The summed E-state index contributed by atoms with van der Waals surface area (Å²) in [5.41, 5.74) is 6.81. The summed E-state index contributed by atoms with van der Waals surface area (Å²) in [6, 6.07) is 0. The van der Waals surface area contributed by atoms with Crippen LogP contribution in [0.25, 0.3) is 0 Å². The monoisotopic (exact) mass is 274 g/mol. The van der Waals surface area contributed by atoms with Crippen molar-refractivity contribution in [1.82, 2.24) is 0 Å². The van der Waals surface area contributed by atoms with Gasteiger partial charge >= 0.3 is 0 Å². The zero-order valence-electron chi connectivity index (χ0n) is 13.6. The summed E-state index contributed by atoms with van der Waals surface area (Å²) in [6.45, 7) is 10.5. The van der Waals surface area contributed by atoms with Crippen molar-refractivity contribution in [3.8, 4) is 0 Å². The Hall–Kier alpha value is -1.15. The lowest BCUT2D eigenvalue weighted by Gasteiger charge is -2.40. The van der Waals surface area contributed by atoms with Crippen molar-refractivity contribution >= 4 is 5.78 Å². The van der Waals surface area contributed by atoms with Gasteiger partial charge in [0.15, 0.2) is 5.78 Å². The van der Waals surface area contributed by atoms with Gasteiger partial charge in [-0.25, -0.2) is 0 Å². The van der Waals surface area contributed by atoms with Gasteiger partial charge in [0.25, 0.3) is 0 Å². The molecule has 1 fully saturated rings. The number of ether oxygens (including phenoxy) is 1. The fourth-order valence-electron chi connectivity index (χ4n) is 3.32. The van der Waals surface area contributed by atoms with E-state index in [1.165, 1.54) is 23.1 Å². The van der Waals surface area contributed by atoms with Gasteiger partial charge in [0.2, 0.25) is 0 Å². The van der Waals surface area contributed by atoms with E-state index in [4.69, 9.17) is 4.74 Å². The number of carbonyl (C=O) groups is 1. The molecule has 1 aromatic rings. The zero-order valence-corrected chi connectivity index (χ0v) is 13.6. The Bertz CT molecular complexity index is 517. The summed E-state index contributed by atoms with van der Waals surface area (Å²) in [6.07, 6.45) is 3.71. The molecule has 2 heteroatoms. The molecular weight excluding hydrogens is 248 g/mol. The molecule has 2 nitrogen and oxygen atoms in total. The number of ketones is 1. The van der Waals surface area contributed by atoms with Gasteiger partial charge in [0, 0.05) is 19.1 Å². The molecule has 1 aliphatic carbocycles. The molecule has 0 saturated heterocycles. The normalized spacial score (nSPS) is 16.9. The first-order valence-electron chi connectivity index (χ1n) is 7.48. The minimum Gasteiger partial charge on any atom is -0.378 e. The summed E-state index contributed by atoms with van der Waals surface area (Å²) in [4.78, 5) is 12.8. The minimum atomic E-state index is -0.192. The smallest absolute Gasteiger partial charge is 0.166 e. The molecular formula is C18H26O2. The van der Waals surface area contributed by atoms with Gasteiger partial charge in [-0.15, -0.1) is 0 Å². The topological polar surface area (TPSA) is 26.3 Å². The van der Waals surface area contributed by atoms with Gasteiger partial charge < -0.3 is 4.74 Å². The van der Waals surface area contributed by atoms with E-state index in [-0.39, 0.29) is 11.4 Å². The predicted molar refractivity (Wildman–Crippen MR) is 82.7 cm³/mol. The second kappa shape index (κ2) is 5.33. The summed E-state index contributed by atoms with van der Waals surface area (Å²) in [5, 5.41) is 0. The highest BCUT2D eigenvalue weighted by Crippen LogP contribution is 2.39. The highest BCUT2D eigenvalue weighted by Gasteiger charge is 2.39. The Kier molecular flexibility index (Phi) is 4.06. The molecule has 0 heterocycles. The van der Waals surface area contributed by atoms with Crippen molar-refractivity contribution in [3.63, 3.8) is 0 Å². The van der Waals surface area contributed by atoms with E-state index in [1.54, 1.807) is 7.11 Å². The molecule has 0 aromatic heterocycles. The maximum atomic E-state index is 12.8. The van der Waals surface area contributed by atoms with Crippen molar-refractivity contribution in [2.75, 3.05) is 7.11 Å². The number of carbonyl (C=O) groups excluding carboxylic acids is 1. The second-order valence-electron chi connectivity index (χ2n) is 6.34. The molecule has 1 aliphatic rings. The van der Waals surface area contributed by atoms with Crippen LogP contribution in [0.5, 0.6) is 0 Å². The van der Waals surface area contributed by atoms with Crippen molar-refractivity contribution in [2.24, 2.45) is 0 Å². The van der Waals surface area contributed by atoms with Crippen LogP contribution >= 0.6 is 0 Å². The van der Waals surface area contributed by atoms with Gasteiger partial charge in [-0.2, -0.15) is 0 Å². The number of rotatable bonds is 4. The Morgan fingerprint density at radius 1 is 0.950 bits per heavy atom. The molecule has 0 aliphatic heterocycles. The third-order valence-electron chi connectivity index (χ3n) is 5.46. The van der Waals surface area contributed by atoms with Crippen LogP contribution < -0.4 is 0 Å². The van der Waals surface area contributed by atoms with Gasteiger partial charge in [-0.3, -0.25) is 4.79 Å². The third kappa shape index (κ3) is 2.31. The SMILES string of the molecule is COC1(CC(=O)c2c(C)c(C)c(C)c(C)c2C)CCC1. The molecule has 0 spiro atoms. The Morgan fingerprint density at radius 2 is 1.40 bits per heavy atom. The fraction of sp³-hybridized carbons (Fsp3) is 0.611. The lowest BCUT2D eigenvalue weighted by Crippen LogP contribution is -2.41. The third-order valence-corrected chi connectivity index (χ3v) is 5.46. The molecule has 0 unspecified atom stereocenters. The largest absolute Gasteiger partial charge is 0.378 e. The molecule has 1 saturated carbocycles. The summed E-state index contributed by atoms with van der Waals surface area (Å²) in [5.74, 6) is 0.243. The number of methoxy groups -OCH3 is 1. The fourth-order valence-corrected chi connectivity index (χ4v) is 3.32. The Balaban J connectivity index is 2.40. The number of Topliss-reactive ketones (excluding diaryl/α,β-unsaturated/α-hetero) is 1. The van der Waals surface area contributed by atoms with E-state index in [0.717, 1.165) is 29.5 Å². The van der Waals surface area contributed by atoms with E-state index in [2.05, 4.69) is 34.6 Å². The average molecular weight is 274 g/mol. The molecule has 0 N–H and O–H groups in total. The van der Waals surface area contributed by atoms with Crippen LogP contribution in [-0.2, 0) is 4.74 Å². The molecule has 0 atom stereocenters. The van der Waals surface area contributed by atoms with E-state index in [1.807, 2.05) is 0 Å². The molecule has 0 radical (unpaired) electrons. The lowest BCUT2D eigenvalue weighted by atomic mass is 9.74. The highest BCUT2D eigenvalue weighted by atomic mass is 16.5. The van der Waals surface area contributed by atoms with Gasteiger partial charge in [-0.05, 0) is 81.7 Å². The van der Waals surface area contributed by atoms with E-state index in [9.17, 15) is 4.79 Å². The maximum Gasteiger partial charge on any atom is 0.166 e. The summed E-state index contributed by atoms with van der Waals surface area (Å²) >= 11 is 0. The number of hydrogen-bond donors (Lipinski definition) is 0. The van der Waals surface area contributed by atoms with Crippen molar-refractivity contribution < 1.29 is 9.53 Å². The number of benzene rings is 1. The Labute approximate surface area is 122 Å². The van der Waals surface area contributed by atoms with Crippen LogP contribution in [0.4, 0.5) is 0 Å². The molecule has 0 bridgehead atoms. The van der Waals surface area contributed by atoms with Gasteiger partial charge in [-0.1, -0.05) is 0 Å². The highest BCUT2D eigenvalue weighted by molar-refractivity contribution is 6.00. The molecule has 20 heavy (non-hydrogen) atoms. The summed E-state index contributed by atoms with van der Waals surface area (Å²) in [7, 11) is 1.73. The Morgan fingerprint density at radius 3 is 1.75 bits per heavy atom. The zero-order chi connectivity index (χ0) is 15.1. The first kappa shape index (κ1) is 15.2. The minimum absolute atomic E-state index is 0.192. The first-order chi connectivity index (χ1) is 9.33. The van der Waals surface area contributed by atoms with Gasteiger partial charge in [0.1, 0.15) is 0 Å².